The third-order valence-electron chi connectivity index (χ3n) is 8.72. The molecule has 0 aromatic heterocycles. The maximum atomic E-state index is 14.8. The van der Waals surface area contributed by atoms with E-state index in [2.05, 4.69) is 0 Å². The number of carbonyl (C=O) groups is 3. The number of ketones is 3. The minimum absolute atomic E-state index is 0.275. The molecule has 2 heterocycles. The highest BCUT2D eigenvalue weighted by Crippen LogP contribution is 2.62. The zero-order valence-electron chi connectivity index (χ0n) is 22.6. The summed E-state index contributed by atoms with van der Waals surface area (Å²) in [5.41, 5.74) is 1.33. The van der Waals surface area contributed by atoms with E-state index in [0.29, 0.717) is 39.8 Å². The molecule has 7 heteroatoms. The molecule has 0 amide bonds. The zero-order valence-corrected chi connectivity index (χ0v) is 23.3. The van der Waals surface area contributed by atoms with Gasteiger partial charge in [-0.2, -0.15) is 0 Å². The SMILES string of the molecule is CCOc1ccccc1[C@@H]1[C@H](C(=O)c2ccc(F)cc2)N2c3ccc(Cl)cc3C=C[C@H]2C12C(=O)c1ccccc1C2=O. The van der Waals surface area contributed by atoms with Gasteiger partial charge in [0.05, 0.1) is 12.6 Å². The summed E-state index contributed by atoms with van der Waals surface area (Å²) in [7, 11) is 0. The van der Waals surface area contributed by atoms with Gasteiger partial charge in [0, 0.05) is 38.9 Å². The van der Waals surface area contributed by atoms with Gasteiger partial charge in [-0.3, -0.25) is 14.4 Å². The lowest BCUT2D eigenvalue weighted by atomic mass is 9.64. The molecule has 1 saturated heterocycles. The number of Topliss-reactive ketones (excluding diaryl/α,β-unsaturated/α-hetero) is 3. The van der Waals surface area contributed by atoms with Gasteiger partial charge < -0.3 is 9.64 Å². The van der Waals surface area contributed by atoms with Gasteiger partial charge in [0.1, 0.15) is 23.0 Å². The molecular formula is C35H25ClFNO4. The average Bonchev–Trinajstić information content (AvgIpc) is 3.43. The maximum Gasteiger partial charge on any atom is 0.185 e. The molecule has 0 N–H and O–H groups in total. The summed E-state index contributed by atoms with van der Waals surface area (Å²) in [6.45, 7) is 2.21. The van der Waals surface area contributed by atoms with Gasteiger partial charge in [-0.25, -0.2) is 4.39 Å². The van der Waals surface area contributed by atoms with Gasteiger partial charge >= 0.3 is 0 Å². The first-order valence-electron chi connectivity index (χ1n) is 13.8. The molecule has 4 aromatic rings. The van der Waals surface area contributed by atoms with Gasteiger partial charge in [0.15, 0.2) is 17.3 Å². The van der Waals surface area contributed by atoms with Crippen LogP contribution >= 0.6 is 11.6 Å². The van der Waals surface area contributed by atoms with Gasteiger partial charge in [0.2, 0.25) is 0 Å². The normalized spacial score (nSPS) is 21.3. The van der Waals surface area contributed by atoms with Crippen molar-refractivity contribution in [1.82, 2.24) is 0 Å². The second kappa shape index (κ2) is 9.78. The smallest absolute Gasteiger partial charge is 0.185 e. The summed E-state index contributed by atoms with van der Waals surface area (Å²) >= 11 is 6.36. The molecule has 2 aliphatic heterocycles. The molecule has 7 rings (SSSR count). The number of halogens is 2. The minimum Gasteiger partial charge on any atom is -0.494 e. The summed E-state index contributed by atoms with van der Waals surface area (Å²) in [6.07, 6.45) is 3.71. The number of anilines is 1. The van der Waals surface area contributed by atoms with E-state index < -0.39 is 29.2 Å². The Morgan fingerprint density at radius 1 is 0.929 bits per heavy atom. The first-order chi connectivity index (χ1) is 20.4. The largest absolute Gasteiger partial charge is 0.494 e. The first kappa shape index (κ1) is 26.4. The number of para-hydroxylation sites is 1. The number of fused-ring (bicyclic) bond motifs is 5. The van der Waals surface area contributed by atoms with E-state index in [1.807, 2.05) is 48.2 Å². The highest BCUT2D eigenvalue weighted by molar-refractivity contribution is 6.33. The van der Waals surface area contributed by atoms with Crippen LogP contribution in [-0.2, 0) is 0 Å². The molecule has 42 heavy (non-hydrogen) atoms. The van der Waals surface area contributed by atoms with Crippen LogP contribution in [0.2, 0.25) is 5.02 Å². The second-order valence-corrected chi connectivity index (χ2v) is 11.2. The lowest BCUT2D eigenvalue weighted by Crippen LogP contribution is -2.48. The Bertz CT molecular complexity index is 1780. The topological polar surface area (TPSA) is 63.7 Å². The number of nitrogens with zero attached hydrogens (tertiary/aromatic N) is 1. The Hall–Kier alpha value is -4.55. The van der Waals surface area contributed by atoms with Crippen LogP contribution < -0.4 is 9.64 Å². The van der Waals surface area contributed by atoms with Crippen LogP contribution in [0.15, 0.2) is 97.1 Å². The number of carbonyl (C=O) groups excluding carboxylic acids is 3. The summed E-state index contributed by atoms with van der Waals surface area (Å²) < 4.78 is 20.0. The second-order valence-electron chi connectivity index (χ2n) is 10.8. The van der Waals surface area contributed by atoms with E-state index in [1.54, 1.807) is 42.5 Å². The zero-order chi connectivity index (χ0) is 29.2. The third kappa shape index (κ3) is 3.58. The lowest BCUT2D eigenvalue weighted by molar-refractivity contribution is 0.0664. The van der Waals surface area contributed by atoms with Crippen molar-refractivity contribution in [3.8, 4) is 5.75 Å². The molecule has 1 fully saturated rings. The Kier molecular flexibility index (Phi) is 6.13. The molecule has 4 aromatic carbocycles. The van der Waals surface area contributed by atoms with Gasteiger partial charge in [-0.1, -0.05) is 66.2 Å². The summed E-state index contributed by atoms with van der Waals surface area (Å²) in [6, 6.07) is 23.0. The van der Waals surface area contributed by atoms with Gasteiger partial charge in [-0.15, -0.1) is 0 Å². The van der Waals surface area contributed by atoms with E-state index in [0.717, 1.165) is 5.56 Å². The molecule has 208 valence electrons. The van der Waals surface area contributed by atoms with Crippen LogP contribution in [0.25, 0.3) is 6.08 Å². The molecular weight excluding hydrogens is 553 g/mol. The van der Waals surface area contributed by atoms with Crippen molar-refractivity contribution in [2.75, 3.05) is 11.5 Å². The monoisotopic (exact) mass is 577 g/mol. The van der Waals surface area contributed by atoms with Crippen molar-refractivity contribution in [3.63, 3.8) is 0 Å². The quantitative estimate of drug-likeness (QED) is 0.185. The first-order valence-corrected chi connectivity index (χ1v) is 14.2. The van der Waals surface area contributed by atoms with Gasteiger partial charge in [-0.05, 0) is 61.0 Å². The molecule has 0 saturated carbocycles. The van der Waals surface area contributed by atoms with Crippen molar-refractivity contribution < 1.29 is 23.5 Å². The molecule has 3 aliphatic rings. The Balaban J connectivity index is 1.56. The highest BCUT2D eigenvalue weighted by atomic mass is 35.5. The standard InChI is InChI=1S/C35H25ClFNO4/c1-2-42-28-10-6-5-9-26(28)30-31(32(39)20-11-15-23(37)16-12-20)38-27-17-14-22(36)19-21(27)13-18-29(38)35(30)33(40)24-7-3-4-8-25(24)34(35)41/h3-19,29-31H,2H2,1H3/t29-,30+,31+/m0/s1. The number of rotatable bonds is 5. The van der Waals surface area contributed by atoms with Gasteiger partial charge in [0.25, 0.3) is 0 Å². The van der Waals surface area contributed by atoms with Crippen LogP contribution in [0.4, 0.5) is 10.1 Å². The number of ether oxygens (including phenoxy) is 1. The lowest BCUT2D eigenvalue weighted by Gasteiger charge is -2.37. The maximum absolute atomic E-state index is 14.8. The third-order valence-corrected chi connectivity index (χ3v) is 8.95. The minimum atomic E-state index is -1.66. The summed E-state index contributed by atoms with van der Waals surface area (Å²) in [4.78, 5) is 46.1. The highest BCUT2D eigenvalue weighted by Gasteiger charge is 2.71. The molecule has 0 unspecified atom stereocenters. The molecule has 1 aliphatic carbocycles. The van der Waals surface area contributed by atoms with Crippen molar-refractivity contribution in [3.05, 3.63) is 136 Å². The van der Waals surface area contributed by atoms with E-state index in [9.17, 15) is 18.8 Å². The van der Waals surface area contributed by atoms with Crippen LogP contribution in [0.3, 0.4) is 0 Å². The molecule has 3 atom stereocenters. The Morgan fingerprint density at radius 3 is 2.29 bits per heavy atom. The van der Waals surface area contributed by atoms with E-state index in [1.165, 1.54) is 24.3 Å². The Morgan fingerprint density at radius 2 is 1.60 bits per heavy atom. The molecule has 0 radical (unpaired) electrons. The predicted molar refractivity (Wildman–Crippen MR) is 159 cm³/mol. The van der Waals surface area contributed by atoms with Crippen molar-refractivity contribution in [1.29, 1.82) is 0 Å². The molecule has 5 nitrogen and oxygen atoms in total. The number of hydrogen-bond acceptors (Lipinski definition) is 5. The van der Waals surface area contributed by atoms with E-state index in [4.69, 9.17) is 16.3 Å². The van der Waals surface area contributed by atoms with Crippen molar-refractivity contribution in [2.45, 2.75) is 24.9 Å². The molecule has 0 bridgehead atoms. The summed E-state index contributed by atoms with van der Waals surface area (Å²) in [5.74, 6) is -1.89. The number of benzene rings is 4. The fraction of sp³-hybridized carbons (Fsp3) is 0.171. The van der Waals surface area contributed by atoms with Crippen LogP contribution in [-0.4, -0.2) is 36.0 Å². The van der Waals surface area contributed by atoms with E-state index >= 15 is 0 Å². The summed E-state index contributed by atoms with van der Waals surface area (Å²) in [5, 5.41) is 0.519. The number of hydrogen-bond donors (Lipinski definition) is 0. The van der Waals surface area contributed by atoms with Crippen molar-refractivity contribution >= 4 is 40.7 Å². The van der Waals surface area contributed by atoms with E-state index in [-0.39, 0.29) is 22.9 Å². The van der Waals surface area contributed by atoms with Crippen molar-refractivity contribution in [2.24, 2.45) is 5.41 Å². The average molecular weight is 578 g/mol. The fourth-order valence-electron chi connectivity index (χ4n) is 7.10. The predicted octanol–water partition coefficient (Wildman–Crippen LogP) is 7.19. The fourth-order valence-corrected chi connectivity index (χ4v) is 7.28. The molecule has 1 spiro atoms. The van der Waals surface area contributed by atoms with Crippen LogP contribution in [0.5, 0.6) is 5.75 Å². The van der Waals surface area contributed by atoms with Crippen LogP contribution in [0, 0.1) is 11.2 Å². The van der Waals surface area contributed by atoms with Crippen LogP contribution in [0.1, 0.15) is 55.0 Å². The Labute approximate surface area is 247 Å².